The zero-order valence-corrected chi connectivity index (χ0v) is 21.7. The summed E-state index contributed by atoms with van der Waals surface area (Å²) < 4.78 is 5.98. The lowest BCUT2D eigenvalue weighted by atomic mass is 9.67. The van der Waals surface area contributed by atoms with Crippen LogP contribution in [-0.4, -0.2) is 48.7 Å². The number of amides is 1. The van der Waals surface area contributed by atoms with E-state index in [1.807, 2.05) is 30.3 Å². The van der Waals surface area contributed by atoms with Crippen LogP contribution in [0.5, 0.6) is 5.75 Å². The maximum absolute atomic E-state index is 11.6. The predicted molar refractivity (Wildman–Crippen MR) is 149 cm³/mol. The fourth-order valence-electron chi connectivity index (χ4n) is 5.13. The largest absolute Gasteiger partial charge is 0.494 e. The highest BCUT2D eigenvalue weighted by Crippen LogP contribution is 2.46. The van der Waals surface area contributed by atoms with Gasteiger partial charge in [-0.05, 0) is 83.9 Å². The van der Waals surface area contributed by atoms with E-state index in [-0.39, 0.29) is 11.8 Å². The molecule has 5 nitrogen and oxygen atoms in total. The molecule has 0 saturated heterocycles. The van der Waals surface area contributed by atoms with E-state index in [2.05, 4.69) is 48.5 Å². The average molecular weight is 497 g/mol. The molecule has 4 rings (SSSR count). The Morgan fingerprint density at radius 2 is 1.76 bits per heavy atom. The van der Waals surface area contributed by atoms with E-state index in [0.29, 0.717) is 18.0 Å². The number of likely N-dealkylation sites (N-methyl/N-ethyl adjacent to an activating group) is 1. The van der Waals surface area contributed by atoms with Gasteiger partial charge in [0.05, 0.1) is 6.61 Å². The molecule has 3 aromatic carbocycles. The first kappa shape index (κ1) is 26.7. The number of unbranched alkanes of at least 4 members (excludes halogenated alkanes) is 2. The zero-order chi connectivity index (χ0) is 26.2. The van der Waals surface area contributed by atoms with Crippen molar-refractivity contribution in [2.75, 3.05) is 20.7 Å². The molecule has 0 saturated carbocycles. The van der Waals surface area contributed by atoms with Crippen LogP contribution in [0.3, 0.4) is 0 Å². The van der Waals surface area contributed by atoms with Gasteiger partial charge in [-0.1, -0.05) is 66.7 Å². The molecule has 2 N–H and O–H groups in total. The Morgan fingerprint density at radius 1 is 1.00 bits per heavy atom. The van der Waals surface area contributed by atoms with Gasteiger partial charge in [0.15, 0.2) is 0 Å². The van der Waals surface area contributed by atoms with Crippen LogP contribution in [0.4, 0.5) is 0 Å². The molecule has 0 heterocycles. The number of rotatable bonds is 10. The fourth-order valence-corrected chi connectivity index (χ4v) is 5.13. The number of aryl methyl sites for hydroxylation is 1. The Hall–Kier alpha value is -3.35. The number of carbonyl (C=O) groups excluding carboxylic acids is 1. The third kappa shape index (κ3) is 6.91. The normalized spacial score (nSPS) is 16.9. The number of fused-ring (bicyclic) bond motifs is 1. The molecule has 1 aliphatic carbocycles. The molecular weight excluding hydrogens is 461 g/mol. The summed E-state index contributed by atoms with van der Waals surface area (Å²) in [5, 5.41) is 19.3. The molecule has 1 amide bonds. The molecule has 0 aliphatic heterocycles. The van der Waals surface area contributed by atoms with Crippen LogP contribution in [0.2, 0.25) is 0 Å². The summed E-state index contributed by atoms with van der Waals surface area (Å²) in [7, 11) is 2.04. The monoisotopic (exact) mass is 497 g/mol. The quantitative estimate of drug-likeness (QED) is 0.247. The lowest BCUT2D eigenvalue weighted by molar-refractivity contribution is -0.123. The van der Waals surface area contributed by atoms with Crippen molar-refractivity contribution >= 4 is 18.5 Å². The summed E-state index contributed by atoms with van der Waals surface area (Å²) in [5.41, 5.74) is 5.53. The Kier molecular flexibility index (Phi) is 9.21. The fraction of sp³-hybridized carbons (Fsp3) is 0.323. The van der Waals surface area contributed by atoms with Crippen LogP contribution < -0.4 is 10.2 Å². The van der Waals surface area contributed by atoms with E-state index in [4.69, 9.17) is 4.74 Å². The average Bonchev–Trinajstić information content (AvgIpc) is 2.92. The standard InChI is InChI=1S/C31H36BNO4/c1-33(2)30(34)12-8-3-4-9-21-37-27-17-13-24(14-18-27)31-28(23-10-6-5-7-11-23)19-15-25-22-26(32(35)36)16-20-29(25)31/h5-8,10-14,16-18,20,22,28,31,35-36H,3-4,9,15,19,21H2,1-2H3/b12-8+/t28?,31-/m0/s1. The topological polar surface area (TPSA) is 70.0 Å². The smallest absolute Gasteiger partial charge is 0.488 e. The molecule has 1 unspecified atom stereocenters. The highest BCUT2D eigenvalue weighted by Gasteiger charge is 2.32. The summed E-state index contributed by atoms with van der Waals surface area (Å²) in [6.07, 6.45) is 8.21. The molecule has 0 radical (unpaired) electrons. The van der Waals surface area contributed by atoms with Gasteiger partial charge in [-0.2, -0.15) is 0 Å². The van der Waals surface area contributed by atoms with Crippen molar-refractivity contribution in [1.29, 1.82) is 0 Å². The third-order valence-electron chi connectivity index (χ3n) is 7.13. The second-order valence-corrected chi connectivity index (χ2v) is 9.91. The first-order valence-corrected chi connectivity index (χ1v) is 13.1. The molecule has 6 heteroatoms. The van der Waals surface area contributed by atoms with Gasteiger partial charge in [0.25, 0.3) is 0 Å². The first-order chi connectivity index (χ1) is 17.9. The molecule has 2 atom stereocenters. The van der Waals surface area contributed by atoms with Crippen molar-refractivity contribution < 1.29 is 19.6 Å². The number of allylic oxidation sites excluding steroid dienone is 1. The van der Waals surface area contributed by atoms with Crippen molar-refractivity contribution in [2.24, 2.45) is 0 Å². The number of nitrogens with zero attached hydrogens (tertiary/aromatic N) is 1. The minimum atomic E-state index is -1.46. The van der Waals surface area contributed by atoms with Crippen LogP contribution in [0, 0.1) is 0 Å². The minimum Gasteiger partial charge on any atom is -0.494 e. The summed E-state index contributed by atoms with van der Waals surface area (Å²) in [6, 6.07) is 24.9. The van der Waals surface area contributed by atoms with Crippen molar-refractivity contribution in [2.45, 2.75) is 43.9 Å². The second kappa shape index (κ2) is 12.8. The summed E-state index contributed by atoms with van der Waals surface area (Å²) in [5.74, 6) is 1.39. The molecule has 0 spiro atoms. The van der Waals surface area contributed by atoms with E-state index in [0.717, 1.165) is 37.9 Å². The number of carbonyl (C=O) groups is 1. The Bertz CT molecular complexity index is 1190. The first-order valence-electron chi connectivity index (χ1n) is 13.1. The van der Waals surface area contributed by atoms with Crippen LogP contribution in [0.1, 0.15) is 59.8 Å². The van der Waals surface area contributed by atoms with Gasteiger partial charge < -0.3 is 19.7 Å². The van der Waals surface area contributed by atoms with Crippen LogP contribution in [0.25, 0.3) is 0 Å². The van der Waals surface area contributed by atoms with E-state index >= 15 is 0 Å². The van der Waals surface area contributed by atoms with Gasteiger partial charge in [0, 0.05) is 20.0 Å². The molecule has 0 fully saturated rings. The van der Waals surface area contributed by atoms with Crippen molar-refractivity contribution in [3.8, 4) is 5.75 Å². The van der Waals surface area contributed by atoms with Crippen LogP contribution in [0.15, 0.2) is 84.9 Å². The molecule has 0 aromatic heterocycles. The van der Waals surface area contributed by atoms with Gasteiger partial charge in [-0.3, -0.25) is 4.79 Å². The minimum absolute atomic E-state index is 0.0119. The van der Waals surface area contributed by atoms with Crippen molar-refractivity contribution in [3.05, 3.63) is 107 Å². The van der Waals surface area contributed by atoms with E-state index in [9.17, 15) is 14.8 Å². The number of hydrogen-bond donors (Lipinski definition) is 2. The molecular formula is C31H36BNO4. The Labute approximate surface area is 220 Å². The van der Waals surface area contributed by atoms with Crippen LogP contribution >= 0.6 is 0 Å². The third-order valence-corrected chi connectivity index (χ3v) is 7.13. The van der Waals surface area contributed by atoms with Crippen LogP contribution in [-0.2, 0) is 11.2 Å². The Balaban J connectivity index is 1.44. The number of hydrogen-bond acceptors (Lipinski definition) is 4. The van der Waals surface area contributed by atoms with E-state index in [1.54, 1.807) is 25.1 Å². The van der Waals surface area contributed by atoms with Gasteiger partial charge in [0.2, 0.25) is 5.91 Å². The molecule has 192 valence electrons. The highest BCUT2D eigenvalue weighted by molar-refractivity contribution is 6.58. The number of benzene rings is 3. The lowest BCUT2D eigenvalue weighted by Gasteiger charge is -2.35. The maximum Gasteiger partial charge on any atom is 0.488 e. The summed E-state index contributed by atoms with van der Waals surface area (Å²) in [6.45, 7) is 0.639. The van der Waals surface area contributed by atoms with Gasteiger partial charge >= 0.3 is 7.12 Å². The SMILES string of the molecule is CN(C)C(=O)/C=C/CCCCOc1ccc([C@@H]2c3ccc(B(O)O)cc3CCC2c2ccccc2)cc1. The zero-order valence-electron chi connectivity index (χ0n) is 21.7. The number of ether oxygens (including phenoxy) is 1. The highest BCUT2D eigenvalue weighted by atomic mass is 16.5. The van der Waals surface area contributed by atoms with E-state index in [1.165, 1.54) is 22.3 Å². The van der Waals surface area contributed by atoms with Gasteiger partial charge in [-0.15, -0.1) is 0 Å². The van der Waals surface area contributed by atoms with E-state index < -0.39 is 7.12 Å². The van der Waals surface area contributed by atoms with Crippen molar-refractivity contribution in [1.82, 2.24) is 4.90 Å². The molecule has 37 heavy (non-hydrogen) atoms. The lowest BCUT2D eigenvalue weighted by Crippen LogP contribution is -2.31. The predicted octanol–water partition coefficient (Wildman–Crippen LogP) is 4.42. The molecule has 1 aliphatic rings. The second-order valence-electron chi connectivity index (χ2n) is 9.91. The molecule has 0 bridgehead atoms. The summed E-state index contributed by atoms with van der Waals surface area (Å²) in [4.78, 5) is 13.1. The summed E-state index contributed by atoms with van der Waals surface area (Å²) >= 11 is 0. The van der Waals surface area contributed by atoms with Crippen molar-refractivity contribution in [3.63, 3.8) is 0 Å². The van der Waals surface area contributed by atoms with Gasteiger partial charge in [0.1, 0.15) is 5.75 Å². The molecule has 3 aromatic rings. The van der Waals surface area contributed by atoms with Gasteiger partial charge in [-0.25, -0.2) is 0 Å². The Morgan fingerprint density at radius 3 is 2.46 bits per heavy atom. The maximum atomic E-state index is 11.6.